The fraction of sp³-hybridized carbons (Fsp3) is 0.947. The molecule has 1 amide bonds. The lowest BCUT2D eigenvalue weighted by Gasteiger charge is -2.24. The van der Waals surface area contributed by atoms with E-state index in [1.807, 2.05) is 41.7 Å². The molecule has 2 fully saturated rings. The summed E-state index contributed by atoms with van der Waals surface area (Å²) in [5.74, 6) is 0. The summed E-state index contributed by atoms with van der Waals surface area (Å²) in [6.45, 7) is 12.8. The Morgan fingerprint density at radius 2 is 1.44 bits per heavy atom. The molecule has 0 aromatic rings. The fourth-order valence-corrected chi connectivity index (χ4v) is 2.93. The average molecular weight is 393 g/mol. The average Bonchev–Trinajstić information content (AvgIpc) is 3.02. The number of hydrogen-bond acceptors (Lipinski definition) is 7. The SMILES string of the molecule is C.CCO[C@@H]1CN(C(=O)OC(C)(C)C)C[C@H]1O.CCO[C@@H]1CN(C)C[C@H]1O. The summed E-state index contributed by atoms with van der Waals surface area (Å²) >= 11 is 0. The minimum atomic E-state index is -0.618. The Morgan fingerprint density at radius 1 is 0.963 bits per heavy atom. The van der Waals surface area contributed by atoms with Crippen LogP contribution in [0.1, 0.15) is 42.0 Å². The summed E-state index contributed by atoms with van der Waals surface area (Å²) in [5.41, 5.74) is -0.508. The molecule has 27 heavy (non-hydrogen) atoms. The van der Waals surface area contributed by atoms with Crippen molar-refractivity contribution in [2.24, 2.45) is 0 Å². The lowest BCUT2D eigenvalue weighted by atomic mass is 10.2. The van der Waals surface area contributed by atoms with Crippen LogP contribution in [0.2, 0.25) is 0 Å². The third-order valence-electron chi connectivity index (χ3n) is 4.07. The Labute approximate surface area is 164 Å². The second kappa shape index (κ2) is 11.8. The molecule has 0 radical (unpaired) electrons. The molecule has 0 unspecified atom stereocenters. The van der Waals surface area contributed by atoms with E-state index in [9.17, 15) is 15.0 Å². The van der Waals surface area contributed by atoms with E-state index in [-0.39, 0.29) is 32.3 Å². The van der Waals surface area contributed by atoms with Crippen LogP contribution in [0, 0.1) is 0 Å². The molecule has 2 aliphatic heterocycles. The molecule has 8 nitrogen and oxygen atoms in total. The number of carbonyl (C=O) groups is 1. The van der Waals surface area contributed by atoms with Crippen molar-refractivity contribution in [2.45, 2.75) is 72.1 Å². The topological polar surface area (TPSA) is 91.7 Å². The number of ether oxygens (including phenoxy) is 3. The van der Waals surface area contributed by atoms with Crippen LogP contribution in [0.25, 0.3) is 0 Å². The van der Waals surface area contributed by atoms with E-state index in [1.165, 1.54) is 4.90 Å². The smallest absolute Gasteiger partial charge is 0.410 e. The standard InChI is InChI=1S/C11H21NO4.C7H15NO2.CH4/c1-5-15-9-7-12(6-8(9)13)10(14)16-11(2,3)4;1-3-10-7-5-8(2)4-6(7)9;/h8-9,13H,5-7H2,1-4H3;6-7,9H,3-5H2,1-2H3;1H4/t8-,9-;6-,7-;/m11./s1. The van der Waals surface area contributed by atoms with Gasteiger partial charge in [0.05, 0.1) is 31.4 Å². The van der Waals surface area contributed by atoms with Crippen LogP contribution in [0.5, 0.6) is 0 Å². The first-order valence-corrected chi connectivity index (χ1v) is 9.33. The zero-order valence-electron chi connectivity index (χ0n) is 17.0. The van der Waals surface area contributed by atoms with Crippen molar-refractivity contribution < 1.29 is 29.2 Å². The number of aliphatic hydroxyl groups excluding tert-OH is 2. The van der Waals surface area contributed by atoms with Crippen molar-refractivity contribution in [3.63, 3.8) is 0 Å². The summed E-state index contributed by atoms with van der Waals surface area (Å²) in [6, 6.07) is 0. The van der Waals surface area contributed by atoms with Gasteiger partial charge in [-0.05, 0) is 41.7 Å². The number of likely N-dealkylation sites (N-methyl/N-ethyl adjacent to an activating group) is 1. The lowest BCUT2D eigenvalue weighted by Crippen LogP contribution is -2.36. The Bertz CT molecular complexity index is 429. The lowest BCUT2D eigenvalue weighted by molar-refractivity contribution is -0.00301. The maximum atomic E-state index is 11.7. The van der Waals surface area contributed by atoms with Crippen LogP contribution in [0.3, 0.4) is 0 Å². The highest BCUT2D eigenvalue weighted by atomic mass is 16.6. The Balaban J connectivity index is 0.000000531. The van der Waals surface area contributed by atoms with Crippen molar-refractivity contribution in [3.05, 3.63) is 0 Å². The van der Waals surface area contributed by atoms with Gasteiger partial charge < -0.3 is 34.2 Å². The predicted octanol–water partition coefficient (Wildman–Crippen LogP) is 1.34. The monoisotopic (exact) mass is 392 g/mol. The molecule has 8 heteroatoms. The molecule has 0 spiro atoms. The van der Waals surface area contributed by atoms with E-state index in [2.05, 4.69) is 4.90 Å². The van der Waals surface area contributed by atoms with Crippen molar-refractivity contribution in [2.75, 3.05) is 46.4 Å². The Kier molecular flexibility index (Phi) is 11.4. The van der Waals surface area contributed by atoms with Gasteiger partial charge in [-0.3, -0.25) is 0 Å². The van der Waals surface area contributed by atoms with Gasteiger partial charge in [-0.15, -0.1) is 0 Å². The van der Waals surface area contributed by atoms with Crippen molar-refractivity contribution in [3.8, 4) is 0 Å². The molecule has 2 aliphatic rings. The normalized spacial score (nSPS) is 28.4. The van der Waals surface area contributed by atoms with Gasteiger partial charge in [0, 0.05) is 26.3 Å². The summed E-state index contributed by atoms with van der Waals surface area (Å²) in [7, 11) is 1.99. The molecular formula is C19H40N2O6. The van der Waals surface area contributed by atoms with E-state index < -0.39 is 17.8 Å². The predicted molar refractivity (Wildman–Crippen MR) is 105 cm³/mol. The first-order chi connectivity index (χ1) is 12.1. The number of amides is 1. The second-order valence-electron chi connectivity index (χ2n) is 7.73. The van der Waals surface area contributed by atoms with E-state index in [0.717, 1.165) is 13.1 Å². The molecule has 0 saturated carbocycles. The number of carbonyl (C=O) groups excluding carboxylic acids is 1. The van der Waals surface area contributed by atoms with Crippen LogP contribution in [-0.4, -0.2) is 103 Å². The maximum absolute atomic E-state index is 11.7. The van der Waals surface area contributed by atoms with E-state index in [4.69, 9.17) is 14.2 Å². The summed E-state index contributed by atoms with van der Waals surface area (Å²) < 4.78 is 15.8. The molecule has 2 heterocycles. The van der Waals surface area contributed by atoms with E-state index >= 15 is 0 Å². The number of rotatable bonds is 4. The van der Waals surface area contributed by atoms with Crippen LogP contribution < -0.4 is 0 Å². The first kappa shape index (κ1) is 26.1. The number of aliphatic hydroxyl groups is 2. The highest BCUT2D eigenvalue weighted by Gasteiger charge is 2.36. The van der Waals surface area contributed by atoms with Gasteiger partial charge in [-0.2, -0.15) is 0 Å². The van der Waals surface area contributed by atoms with Crippen LogP contribution in [0.15, 0.2) is 0 Å². The second-order valence-corrected chi connectivity index (χ2v) is 7.73. The largest absolute Gasteiger partial charge is 0.444 e. The number of nitrogens with zero attached hydrogens (tertiary/aromatic N) is 2. The van der Waals surface area contributed by atoms with Gasteiger partial charge in [0.25, 0.3) is 0 Å². The fourth-order valence-electron chi connectivity index (χ4n) is 2.93. The summed E-state index contributed by atoms with van der Waals surface area (Å²) in [5, 5.41) is 19.0. The molecule has 0 aromatic carbocycles. The van der Waals surface area contributed by atoms with Gasteiger partial charge in [0.1, 0.15) is 11.7 Å². The zero-order chi connectivity index (χ0) is 19.9. The van der Waals surface area contributed by atoms with Crippen LogP contribution in [0.4, 0.5) is 4.79 Å². The molecule has 2 N–H and O–H groups in total. The van der Waals surface area contributed by atoms with Crippen molar-refractivity contribution >= 4 is 6.09 Å². The molecule has 0 aliphatic carbocycles. The number of hydrogen-bond donors (Lipinski definition) is 2. The molecule has 0 aromatic heterocycles. The molecular weight excluding hydrogens is 352 g/mol. The van der Waals surface area contributed by atoms with Crippen molar-refractivity contribution in [1.29, 1.82) is 0 Å². The van der Waals surface area contributed by atoms with Gasteiger partial charge in [-0.1, -0.05) is 7.43 Å². The van der Waals surface area contributed by atoms with E-state index in [0.29, 0.717) is 19.8 Å². The minimum absolute atomic E-state index is 0. The van der Waals surface area contributed by atoms with E-state index in [1.54, 1.807) is 0 Å². The maximum Gasteiger partial charge on any atom is 0.410 e. The third kappa shape index (κ3) is 9.21. The van der Waals surface area contributed by atoms with Crippen LogP contribution in [-0.2, 0) is 14.2 Å². The summed E-state index contributed by atoms with van der Waals surface area (Å²) in [4.78, 5) is 15.3. The summed E-state index contributed by atoms with van der Waals surface area (Å²) in [6.07, 6.45) is -1.56. The quantitative estimate of drug-likeness (QED) is 0.746. The molecule has 4 atom stereocenters. The number of likely N-dealkylation sites (tertiary alicyclic amines) is 2. The van der Waals surface area contributed by atoms with Gasteiger partial charge in [-0.25, -0.2) is 4.79 Å². The Hall–Kier alpha value is -0.930. The van der Waals surface area contributed by atoms with Crippen LogP contribution >= 0.6 is 0 Å². The Morgan fingerprint density at radius 3 is 1.85 bits per heavy atom. The minimum Gasteiger partial charge on any atom is -0.444 e. The first-order valence-electron chi connectivity index (χ1n) is 9.33. The van der Waals surface area contributed by atoms with Gasteiger partial charge in [0.15, 0.2) is 0 Å². The molecule has 2 rings (SSSR count). The molecule has 2 saturated heterocycles. The number of β-amino-alcohol motifs (C(OH)–C–C–N with tert-alkyl or cyclic N) is 2. The zero-order valence-corrected chi connectivity index (χ0v) is 17.0. The molecule has 0 bridgehead atoms. The third-order valence-corrected chi connectivity index (χ3v) is 4.07. The van der Waals surface area contributed by atoms with Crippen molar-refractivity contribution in [1.82, 2.24) is 9.80 Å². The highest BCUT2D eigenvalue weighted by Crippen LogP contribution is 2.17. The van der Waals surface area contributed by atoms with Gasteiger partial charge in [0.2, 0.25) is 0 Å². The van der Waals surface area contributed by atoms with Gasteiger partial charge >= 0.3 is 6.09 Å². The highest BCUT2D eigenvalue weighted by molar-refractivity contribution is 5.68. The molecule has 162 valence electrons.